The maximum Gasteiger partial charge on any atom is 0.318 e. The van der Waals surface area contributed by atoms with E-state index < -0.39 is 0 Å². The predicted octanol–water partition coefficient (Wildman–Crippen LogP) is 1.81. The summed E-state index contributed by atoms with van der Waals surface area (Å²) in [4.78, 5) is 25.0. The number of hydrogen-bond donors (Lipinski definition) is 2. The number of nitrogens with zero attached hydrogens (tertiary/aromatic N) is 1. The van der Waals surface area contributed by atoms with Crippen LogP contribution < -0.4 is 5.32 Å². The highest BCUT2D eigenvalue weighted by atomic mass is 16.5. The first-order chi connectivity index (χ1) is 10.5. The van der Waals surface area contributed by atoms with Gasteiger partial charge in [-0.05, 0) is 25.7 Å². The molecule has 4 unspecified atom stereocenters. The highest BCUT2D eigenvalue weighted by Gasteiger charge is 2.45. The summed E-state index contributed by atoms with van der Waals surface area (Å²) >= 11 is 0. The van der Waals surface area contributed by atoms with Crippen LogP contribution in [0.1, 0.15) is 58.8 Å². The Kier molecular flexibility index (Phi) is 6.06. The Bertz CT molecular complexity index is 402. The van der Waals surface area contributed by atoms with Gasteiger partial charge in [-0.25, -0.2) is 4.79 Å². The van der Waals surface area contributed by atoms with E-state index >= 15 is 0 Å². The zero-order chi connectivity index (χ0) is 16.1. The molecule has 0 spiro atoms. The van der Waals surface area contributed by atoms with E-state index in [1.165, 1.54) is 6.92 Å². The van der Waals surface area contributed by atoms with Crippen molar-refractivity contribution in [3.05, 3.63) is 0 Å². The van der Waals surface area contributed by atoms with Gasteiger partial charge in [0.25, 0.3) is 0 Å². The van der Waals surface area contributed by atoms with E-state index in [-0.39, 0.29) is 36.3 Å². The first-order valence-electron chi connectivity index (χ1n) is 8.43. The second kappa shape index (κ2) is 7.81. The number of ether oxygens (including phenoxy) is 1. The number of rotatable bonds is 8. The summed E-state index contributed by atoms with van der Waals surface area (Å²) in [7, 11) is 0. The average molecular weight is 312 g/mol. The van der Waals surface area contributed by atoms with Gasteiger partial charge in [-0.1, -0.05) is 19.8 Å². The van der Waals surface area contributed by atoms with Crippen LogP contribution in [0, 0.1) is 0 Å². The predicted molar refractivity (Wildman–Crippen MR) is 82.4 cm³/mol. The van der Waals surface area contributed by atoms with Gasteiger partial charge in [-0.3, -0.25) is 4.79 Å². The maximum absolute atomic E-state index is 12.0. The Labute approximate surface area is 132 Å². The Morgan fingerprint density at radius 1 is 1.41 bits per heavy atom. The second-order valence-corrected chi connectivity index (χ2v) is 6.46. The molecule has 1 saturated carbocycles. The lowest BCUT2D eigenvalue weighted by Crippen LogP contribution is -2.37. The number of esters is 1. The highest BCUT2D eigenvalue weighted by Crippen LogP contribution is 2.30. The number of carbonyl (C=O) groups excluding carboxylic acids is 2. The number of aliphatic hydroxyl groups excluding tert-OH is 1. The van der Waals surface area contributed by atoms with Crippen LogP contribution in [0.4, 0.5) is 4.79 Å². The van der Waals surface area contributed by atoms with Gasteiger partial charge in [0.05, 0.1) is 18.2 Å². The lowest BCUT2D eigenvalue weighted by molar-refractivity contribution is -0.147. The van der Waals surface area contributed by atoms with E-state index in [0.29, 0.717) is 25.8 Å². The van der Waals surface area contributed by atoms with Crippen molar-refractivity contribution in [2.75, 3.05) is 6.54 Å². The fourth-order valence-corrected chi connectivity index (χ4v) is 3.55. The number of amides is 2. The molecule has 1 aliphatic carbocycles. The van der Waals surface area contributed by atoms with Crippen LogP contribution in [0.3, 0.4) is 0 Å². The zero-order valence-corrected chi connectivity index (χ0v) is 13.6. The van der Waals surface area contributed by atoms with E-state index in [2.05, 4.69) is 12.2 Å². The molecule has 6 heteroatoms. The molecule has 1 heterocycles. The molecule has 0 aromatic rings. The van der Waals surface area contributed by atoms with Crippen molar-refractivity contribution in [1.82, 2.24) is 10.2 Å². The molecule has 2 amide bonds. The van der Waals surface area contributed by atoms with Gasteiger partial charge >= 0.3 is 12.0 Å². The topological polar surface area (TPSA) is 78.9 Å². The number of fused-ring (bicyclic) bond motifs is 1. The summed E-state index contributed by atoms with van der Waals surface area (Å²) in [5.41, 5.74) is 0. The molecule has 0 aromatic carbocycles. The van der Waals surface area contributed by atoms with Crippen LogP contribution in [-0.2, 0) is 9.53 Å². The number of nitrogens with one attached hydrogen (secondary N) is 1. The number of aliphatic hydroxyl groups is 1. The van der Waals surface area contributed by atoms with Gasteiger partial charge in [0, 0.05) is 19.9 Å². The number of carbonyl (C=O) groups is 2. The molecular weight excluding hydrogens is 284 g/mol. The van der Waals surface area contributed by atoms with E-state index in [1.54, 1.807) is 4.90 Å². The molecular formula is C16H28N2O4. The molecule has 0 aromatic heterocycles. The second-order valence-electron chi connectivity index (χ2n) is 6.46. The minimum absolute atomic E-state index is 0.0583. The Morgan fingerprint density at radius 2 is 2.18 bits per heavy atom. The minimum atomic E-state index is -0.327. The van der Waals surface area contributed by atoms with Crippen LogP contribution in [0.25, 0.3) is 0 Å². The largest absolute Gasteiger partial charge is 0.462 e. The third kappa shape index (κ3) is 4.35. The number of urea groups is 1. The standard InChI is InChI=1S/C16H28N2O4/c1-3-4-5-6-13(22-11(2)19)7-8-18-15-10-12(20)9-14(15)17-16(18)21/h12-15,20H,3-10H2,1-2H3,(H,17,21). The maximum atomic E-state index is 12.0. The first-order valence-corrected chi connectivity index (χ1v) is 8.43. The summed E-state index contributed by atoms with van der Waals surface area (Å²) in [5.74, 6) is -0.262. The van der Waals surface area contributed by atoms with Crippen LogP contribution in [0.2, 0.25) is 0 Å². The lowest BCUT2D eigenvalue weighted by atomic mass is 10.1. The highest BCUT2D eigenvalue weighted by molar-refractivity contribution is 5.78. The third-order valence-corrected chi connectivity index (χ3v) is 4.63. The molecule has 2 rings (SSSR count). The van der Waals surface area contributed by atoms with E-state index in [4.69, 9.17) is 4.74 Å². The summed E-state index contributed by atoms with van der Waals surface area (Å²) in [6, 6.07) is 0.0860. The normalized spacial score (nSPS) is 28.4. The summed E-state index contributed by atoms with van der Waals surface area (Å²) < 4.78 is 5.38. The van der Waals surface area contributed by atoms with Gasteiger partial charge in [-0.2, -0.15) is 0 Å². The van der Waals surface area contributed by atoms with Crippen molar-refractivity contribution in [2.45, 2.75) is 83.1 Å². The van der Waals surface area contributed by atoms with Gasteiger partial charge in [0.1, 0.15) is 6.10 Å². The molecule has 1 saturated heterocycles. The van der Waals surface area contributed by atoms with Gasteiger partial charge in [0.2, 0.25) is 0 Å². The van der Waals surface area contributed by atoms with E-state index in [9.17, 15) is 14.7 Å². The van der Waals surface area contributed by atoms with Crippen molar-refractivity contribution >= 4 is 12.0 Å². The molecule has 4 atom stereocenters. The van der Waals surface area contributed by atoms with Crippen molar-refractivity contribution in [3.8, 4) is 0 Å². The summed E-state index contributed by atoms with van der Waals surface area (Å²) in [6.45, 7) is 4.14. The smallest absolute Gasteiger partial charge is 0.318 e. The van der Waals surface area contributed by atoms with E-state index in [1.807, 2.05) is 0 Å². The van der Waals surface area contributed by atoms with Crippen molar-refractivity contribution in [2.24, 2.45) is 0 Å². The quantitative estimate of drug-likeness (QED) is 0.529. The molecule has 0 bridgehead atoms. The Morgan fingerprint density at radius 3 is 2.86 bits per heavy atom. The van der Waals surface area contributed by atoms with Gasteiger partial charge in [0.15, 0.2) is 0 Å². The van der Waals surface area contributed by atoms with Gasteiger partial charge < -0.3 is 20.1 Å². The summed E-state index contributed by atoms with van der Waals surface area (Å²) in [6.07, 6.45) is 5.62. The Hall–Kier alpha value is -1.30. The van der Waals surface area contributed by atoms with Crippen LogP contribution >= 0.6 is 0 Å². The molecule has 2 fully saturated rings. The van der Waals surface area contributed by atoms with Crippen LogP contribution in [0.5, 0.6) is 0 Å². The molecule has 0 radical (unpaired) electrons. The summed E-state index contributed by atoms with van der Waals surface area (Å²) in [5, 5.41) is 12.7. The van der Waals surface area contributed by atoms with Crippen LogP contribution in [0.15, 0.2) is 0 Å². The fraction of sp³-hybridized carbons (Fsp3) is 0.875. The molecule has 126 valence electrons. The van der Waals surface area contributed by atoms with Crippen molar-refractivity contribution in [1.29, 1.82) is 0 Å². The van der Waals surface area contributed by atoms with Crippen LogP contribution in [-0.4, -0.2) is 52.8 Å². The van der Waals surface area contributed by atoms with E-state index in [0.717, 1.165) is 25.7 Å². The third-order valence-electron chi connectivity index (χ3n) is 4.63. The molecule has 6 nitrogen and oxygen atoms in total. The molecule has 2 N–H and O–H groups in total. The Balaban J connectivity index is 1.84. The lowest BCUT2D eigenvalue weighted by Gasteiger charge is -2.25. The first kappa shape index (κ1) is 17.1. The minimum Gasteiger partial charge on any atom is -0.462 e. The van der Waals surface area contributed by atoms with Crippen molar-refractivity contribution < 1.29 is 19.4 Å². The number of unbranched alkanes of at least 4 members (excludes halogenated alkanes) is 2. The molecule has 2 aliphatic rings. The SMILES string of the molecule is CCCCCC(CCN1C(=O)NC2CC(O)CC21)OC(C)=O. The average Bonchev–Trinajstić information content (AvgIpc) is 2.91. The number of hydrogen-bond acceptors (Lipinski definition) is 4. The van der Waals surface area contributed by atoms with Crippen molar-refractivity contribution in [3.63, 3.8) is 0 Å². The zero-order valence-electron chi connectivity index (χ0n) is 13.6. The monoisotopic (exact) mass is 312 g/mol. The molecule has 1 aliphatic heterocycles. The fourth-order valence-electron chi connectivity index (χ4n) is 3.55. The van der Waals surface area contributed by atoms with Gasteiger partial charge in [-0.15, -0.1) is 0 Å². The molecule has 22 heavy (non-hydrogen) atoms.